The van der Waals surface area contributed by atoms with Crippen LogP contribution in [0, 0.1) is 6.92 Å². The molecule has 0 aliphatic heterocycles. The van der Waals surface area contributed by atoms with Crippen molar-refractivity contribution in [3.05, 3.63) is 66.2 Å². The zero-order valence-electron chi connectivity index (χ0n) is 14.5. The van der Waals surface area contributed by atoms with E-state index >= 15 is 0 Å². The lowest BCUT2D eigenvalue weighted by Crippen LogP contribution is -2.30. The van der Waals surface area contributed by atoms with Crippen molar-refractivity contribution in [1.82, 2.24) is 5.32 Å². The van der Waals surface area contributed by atoms with Crippen LogP contribution in [0.5, 0.6) is 11.5 Å². The third kappa shape index (κ3) is 6.14. The maximum atomic E-state index is 11.8. The van der Waals surface area contributed by atoms with Crippen molar-refractivity contribution in [1.29, 1.82) is 0 Å². The van der Waals surface area contributed by atoms with Gasteiger partial charge in [-0.1, -0.05) is 24.3 Å². The molecule has 0 aromatic heterocycles. The number of carbonyl (C=O) groups excluding carboxylic acids is 2. The molecule has 25 heavy (non-hydrogen) atoms. The van der Waals surface area contributed by atoms with Gasteiger partial charge in [-0.3, -0.25) is 4.79 Å². The summed E-state index contributed by atoms with van der Waals surface area (Å²) < 4.78 is 5.73. The SMILES string of the molecule is C=C(C)C(=O)CCNC(=O)Nc1ccc(Oc2ccc(C)cc2)cc1. The minimum Gasteiger partial charge on any atom is -0.457 e. The molecule has 0 fully saturated rings. The van der Waals surface area contributed by atoms with E-state index in [1.807, 2.05) is 31.2 Å². The predicted molar refractivity (Wildman–Crippen MR) is 99.2 cm³/mol. The molecule has 5 heteroatoms. The first-order valence-electron chi connectivity index (χ1n) is 8.02. The number of amides is 2. The number of hydrogen-bond acceptors (Lipinski definition) is 3. The molecule has 0 atom stereocenters. The van der Waals surface area contributed by atoms with Crippen LogP contribution in [0.2, 0.25) is 0 Å². The van der Waals surface area contributed by atoms with Crippen LogP contribution < -0.4 is 15.4 Å². The van der Waals surface area contributed by atoms with Crippen molar-refractivity contribution >= 4 is 17.5 Å². The molecule has 0 aliphatic carbocycles. The summed E-state index contributed by atoms with van der Waals surface area (Å²) >= 11 is 0. The zero-order chi connectivity index (χ0) is 18.2. The van der Waals surface area contributed by atoms with Crippen molar-refractivity contribution in [2.24, 2.45) is 0 Å². The van der Waals surface area contributed by atoms with Crippen LogP contribution in [0.4, 0.5) is 10.5 Å². The van der Waals surface area contributed by atoms with Crippen LogP contribution >= 0.6 is 0 Å². The predicted octanol–water partition coefficient (Wildman–Crippen LogP) is 4.44. The highest BCUT2D eigenvalue weighted by Gasteiger charge is 2.05. The number of hydrogen-bond donors (Lipinski definition) is 2. The van der Waals surface area contributed by atoms with E-state index in [4.69, 9.17) is 4.74 Å². The molecule has 0 aliphatic rings. The van der Waals surface area contributed by atoms with Crippen LogP contribution in [-0.4, -0.2) is 18.4 Å². The lowest BCUT2D eigenvalue weighted by molar-refractivity contribution is -0.115. The fraction of sp³-hybridized carbons (Fsp3) is 0.200. The topological polar surface area (TPSA) is 67.4 Å². The summed E-state index contributed by atoms with van der Waals surface area (Å²) in [5.41, 5.74) is 2.30. The Kier molecular flexibility index (Phi) is 6.34. The van der Waals surface area contributed by atoms with Crippen molar-refractivity contribution in [3.63, 3.8) is 0 Å². The third-order valence-corrected chi connectivity index (χ3v) is 3.48. The van der Waals surface area contributed by atoms with E-state index in [9.17, 15) is 9.59 Å². The number of ether oxygens (including phenoxy) is 1. The molecule has 2 aromatic carbocycles. The molecule has 130 valence electrons. The van der Waals surface area contributed by atoms with E-state index in [1.54, 1.807) is 31.2 Å². The Bertz CT molecular complexity index is 750. The van der Waals surface area contributed by atoms with Gasteiger partial charge in [0.15, 0.2) is 5.78 Å². The van der Waals surface area contributed by atoms with Gasteiger partial charge in [0.05, 0.1) is 0 Å². The number of benzene rings is 2. The molecule has 5 nitrogen and oxygen atoms in total. The van der Waals surface area contributed by atoms with Crippen molar-refractivity contribution < 1.29 is 14.3 Å². The van der Waals surface area contributed by atoms with Gasteiger partial charge in [-0.25, -0.2) is 4.79 Å². The number of aryl methyl sites for hydroxylation is 1. The van der Waals surface area contributed by atoms with E-state index in [0.717, 1.165) is 5.75 Å². The summed E-state index contributed by atoms with van der Waals surface area (Å²) in [4.78, 5) is 23.2. The quantitative estimate of drug-likeness (QED) is 0.733. The highest BCUT2D eigenvalue weighted by molar-refractivity contribution is 5.95. The molecule has 2 N–H and O–H groups in total. The third-order valence-electron chi connectivity index (χ3n) is 3.48. The second kappa shape index (κ2) is 8.68. The summed E-state index contributed by atoms with van der Waals surface area (Å²) in [5.74, 6) is 1.38. The Morgan fingerprint density at radius 2 is 1.56 bits per heavy atom. The number of carbonyl (C=O) groups is 2. The van der Waals surface area contributed by atoms with Crippen molar-refractivity contribution in [2.75, 3.05) is 11.9 Å². The van der Waals surface area contributed by atoms with Crippen LogP contribution in [0.1, 0.15) is 18.9 Å². The van der Waals surface area contributed by atoms with Crippen LogP contribution in [0.25, 0.3) is 0 Å². The van der Waals surface area contributed by atoms with Crippen molar-refractivity contribution in [2.45, 2.75) is 20.3 Å². The smallest absolute Gasteiger partial charge is 0.319 e. The number of Topliss-reactive ketones (excluding diaryl/α,β-unsaturated/α-hetero) is 1. The minimum absolute atomic E-state index is 0.0575. The molecule has 2 rings (SSSR count). The highest BCUT2D eigenvalue weighted by Crippen LogP contribution is 2.23. The summed E-state index contributed by atoms with van der Waals surface area (Å²) in [5, 5.41) is 5.34. The number of rotatable bonds is 7. The molecule has 0 spiro atoms. The van der Waals surface area contributed by atoms with Crippen LogP contribution in [0.15, 0.2) is 60.7 Å². The minimum atomic E-state index is -0.360. The molecular weight excluding hydrogens is 316 g/mol. The van der Waals surface area contributed by atoms with E-state index in [1.165, 1.54) is 5.56 Å². The first-order chi connectivity index (χ1) is 11.9. The summed E-state index contributed by atoms with van der Waals surface area (Å²) in [6.45, 7) is 7.52. The second-order valence-corrected chi connectivity index (χ2v) is 5.77. The summed E-state index contributed by atoms with van der Waals surface area (Å²) in [6.07, 6.45) is 0.242. The Morgan fingerprint density at radius 3 is 2.12 bits per heavy atom. The lowest BCUT2D eigenvalue weighted by Gasteiger charge is -2.09. The normalized spacial score (nSPS) is 10.0. The van der Waals surface area contributed by atoms with E-state index < -0.39 is 0 Å². The maximum Gasteiger partial charge on any atom is 0.319 e. The number of ketones is 1. The van der Waals surface area contributed by atoms with E-state index in [0.29, 0.717) is 17.0 Å². The fourth-order valence-corrected chi connectivity index (χ4v) is 2.03. The average Bonchev–Trinajstić information content (AvgIpc) is 2.58. The van der Waals surface area contributed by atoms with Crippen molar-refractivity contribution in [3.8, 4) is 11.5 Å². The molecule has 2 aromatic rings. The Hall–Kier alpha value is -3.08. The number of allylic oxidation sites excluding steroid dienone is 1. The average molecular weight is 338 g/mol. The van der Waals surface area contributed by atoms with Gasteiger partial charge in [-0.2, -0.15) is 0 Å². The Labute approximate surface area is 147 Å². The largest absolute Gasteiger partial charge is 0.457 e. The first-order valence-corrected chi connectivity index (χ1v) is 8.02. The monoisotopic (exact) mass is 338 g/mol. The second-order valence-electron chi connectivity index (χ2n) is 5.77. The van der Waals surface area contributed by atoms with Gasteiger partial charge in [-0.15, -0.1) is 0 Å². The van der Waals surface area contributed by atoms with Gasteiger partial charge in [0, 0.05) is 18.7 Å². The first kappa shape index (κ1) is 18.3. The Balaban J connectivity index is 1.81. The maximum absolute atomic E-state index is 11.8. The number of nitrogens with one attached hydrogen (secondary N) is 2. The summed E-state index contributed by atoms with van der Waals surface area (Å²) in [7, 11) is 0. The Morgan fingerprint density at radius 1 is 1.00 bits per heavy atom. The highest BCUT2D eigenvalue weighted by atomic mass is 16.5. The van der Waals surface area contributed by atoms with Gasteiger partial charge in [0.2, 0.25) is 0 Å². The number of anilines is 1. The molecule has 0 saturated carbocycles. The zero-order valence-corrected chi connectivity index (χ0v) is 14.5. The molecule has 0 saturated heterocycles. The van der Waals surface area contributed by atoms with E-state index in [2.05, 4.69) is 17.2 Å². The fourth-order valence-electron chi connectivity index (χ4n) is 2.03. The molecule has 0 radical (unpaired) electrons. The van der Waals surface area contributed by atoms with Crippen LogP contribution in [-0.2, 0) is 4.79 Å². The molecule has 2 amide bonds. The van der Waals surface area contributed by atoms with E-state index in [-0.39, 0.29) is 24.8 Å². The molecule has 0 unspecified atom stereocenters. The van der Waals surface area contributed by atoms with Crippen LogP contribution in [0.3, 0.4) is 0 Å². The molecule has 0 heterocycles. The summed E-state index contributed by atoms with van der Waals surface area (Å²) in [6, 6.07) is 14.5. The standard InChI is InChI=1S/C20H22N2O3/c1-14(2)19(23)12-13-21-20(24)22-16-6-10-18(11-7-16)25-17-8-4-15(3)5-9-17/h4-11H,1,12-13H2,2-3H3,(H2,21,22,24). The lowest BCUT2D eigenvalue weighted by atomic mass is 10.2. The molecular formula is C20H22N2O3. The van der Waals surface area contributed by atoms with Gasteiger partial charge in [-0.05, 0) is 55.8 Å². The van der Waals surface area contributed by atoms with Gasteiger partial charge in [0.1, 0.15) is 11.5 Å². The van der Waals surface area contributed by atoms with Gasteiger partial charge >= 0.3 is 6.03 Å². The van der Waals surface area contributed by atoms with Gasteiger partial charge < -0.3 is 15.4 Å². The molecule has 0 bridgehead atoms. The number of urea groups is 1. The van der Waals surface area contributed by atoms with Gasteiger partial charge in [0.25, 0.3) is 0 Å².